The molecule has 0 amide bonds. The average Bonchev–Trinajstić information content (AvgIpc) is 2.28. The van der Waals surface area contributed by atoms with Crippen LogP contribution in [0.15, 0.2) is 0 Å². The van der Waals surface area contributed by atoms with Gasteiger partial charge in [0.15, 0.2) is 0 Å². The summed E-state index contributed by atoms with van der Waals surface area (Å²) in [5.74, 6) is 0. The monoisotopic (exact) mass is 196 g/mol. The average molecular weight is 197 g/mol. The molecule has 0 nitrogen and oxygen atoms in total. The van der Waals surface area contributed by atoms with Gasteiger partial charge in [0.2, 0.25) is 0 Å². The molecule has 2 saturated heterocycles. The standard InChI is InChI=1S/C6H12Si4/c1-5(2)9(7)6(3,4)10(5,9)8/h1-4H3. The molecule has 2 fully saturated rings. The Kier molecular flexibility index (Phi) is 0.943. The fraction of sp³-hybridized carbons (Fsp3) is 1.00. The predicted molar refractivity (Wildman–Crippen MR) is 51.1 cm³/mol. The zero-order valence-electron chi connectivity index (χ0n) is 7.00. The summed E-state index contributed by atoms with van der Waals surface area (Å²) in [6, 6.07) is 0. The minimum Gasteiger partial charge on any atom is -0.0655 e. The Morgan fingerprint density at radius 2 is 1.00 bits per heavy atom. The highest BCUT2D eigenvalue weighted by Gasteiger charge is 3.02. The molecule has 0 aromatic rings. The van der Waals surface area contributed by atoms with Gasteiger partial charge in [-0.2, -0.15) is 0 Å². The summed E-state index contributed by atoms with van der Waals surface area (Å²) < 4.78 is 1.44. The van der Waals surface area contributed by atoms with Crippen molar-refractivity contribution >= 4 is 33.7 Å². The first-order valence-corrected chi connectivity index (χ1v) is 11.8. The highest BCUT2D eigenvalue weighted by molar-refractivity contribution is 8.01. The molecule has 4 heteroatoms. The lowest BCUT2D eigenvalue weighted by Crippen LogP contribution is -2.29. The van der Waals surface area contributed by atoms with Crippen LogP contribution in [-0.4, -0.2) is 33.7 Å². The van der Waals surface area contributed by atoms with Crippen molar-refractivity contribution < 1.29 is 0 Å². The van der Waals surface area contributed by atoms with Gasteiger partial charge in [-0.15, -0.1) is 0 Å². The zero-order valence-corrected chi connectivity index (χ0v) is 11.0. The van der Waals surface area contributed by atoms with Crippen molar-refractivity contribution in [3.8, 4) is 0 Å². The van der Waals surface area contributed by atoms with E-state index >= 15 is 0 Å². The highest BCUT2D eigenvalue weighted by Crippen LogP contribution is 2.93. The molecule has 0 aromatic heterocycles. The van der Waals surface area contributed by atoms with Gasteiger partial charge in [0.25, 0.3) is 0 Å². The van der Waals surface area contributed by atoms with E-state index in [1.165, 1.54) is 0 Å². The van der Waals surface area contributed by atoms with Crippen molar-refractivity contribution in [3.63, 3.8) is 0 Å². The van der Waals surface area contributed by atoms with E-state index in [-0.39, 0.29) is 0 Å². The molecule has 2 aliphatic heterocycles. The van der Waals surface area contributed by atoms with Crippen LogP contribution in [0.3, 0.4) is 0 Å². The number of hydrogen-bond donors (Lipinski definition) is 0. The van der Waals surface area contributed by atoms with Gasteiger partial charge >= 0.3 is 0 Å². The van der Waals surface area contributed by atoms with E-state index in [9.17, 15) is 0 Å². The maximum Gasteiger partial charge on any atom is 0.0358 e. The molecule has 0 saturated carbocycles. The third-order valence-electron chi connectivity index (χ3n) is 4.19. The second kappa shape index (κ2) is 1.25. The maximum atomic E-state index is 4.06. The molecule has 0 aliphatic carbocycles. The highest BCUT2D eigenvalue weighted by atomic mass is 29.9. The molecule has 0 N–H and O–H groups in total. The Hall–Kier alpha value is 0.868. The van der Waals surface area contributed by atoms with Gasteiger partial charge in [-0.25, -0.2) is 0 Å². The molecule has 0 aromatic carbocycles. The first-order valence-electron chi connectivity index (χ1n) is 3.75. The summed E-state index contributed by atoms with van der Waals surface area (Å²) in [6.45, 7) is 9.71. The van der Waals surface area contributed by atoms with Gasteiger partial charge < -0.3 is 0 Å². The molecule has 6 radical (unpaired) electrons. The predicted octanol–water partition coefficient (Wildman–Crippen LogP) is 0.959. The van der Waals surface area contributed by atoms with Gasteiger partial charge in [-0.05, 0) is 0 Å². The van der Waals surface area contributed by atoms with E-state index in [4.69, 9.17) is 0 Å². The molecular formula is C6H12Si4. The minimum absolute atomic E-state index is 0.720. The summed E-state index contributed by atoms with van der Waals surface area (Å²) in [6.07, 6.45) is 0. The molecular weight excluding hydrogens is 184 g/mol. The van der Waals surface area contributed by atoms with E-state index in [2.05, 4.69) is 47.2 Å². The number of fused-ring (bicyclic) bond motifs is 1. The van der Waals surface area contributed by atoms with E-state index in [1.807, 2.05) is 0 Å². The van der Waals surface area contributed by atoms with Crippen molar-refractivity contribution in [1.82, 2.24) is 0 Å². The zero-order chi connectivity index (χ0) is 8.00. The lowest BCUT2D eigenvalue weighted by molar-refractivity contribution is 0.814. The van der Waals surface area contributed by atoms with Gasteiger partial charge in [-0.3, -0.25) is 0 Å². The van der Waals surface area contributed by atoms with E-state index in [0.29, 0.717) is 0 Å². The molecule has 0 atom stereocenters. The van der Waals surface area contributed by atoms with Crippen molar-refractivity contribution in [2.75, 3.05) is 0 Å². The summed E-state index contributed by atoms with van der Waals surface area (Å²) in [4.78, 5) is 0. The number of rotatable bonds is 0. The van der Waals surface area contributed by atoms with Crippen molar-refractivity contribution in [1.29, 1.82) is 0 Å². The third kappa shape index (κ3) is 0.313. The van der Waals surface area contributed by atoms with Crippen molar-refractivity contribution in [2.24, 2.45) is 0 Å². The topological polar surface area (TPSA) is 0 Å². The van der Waals surface area contributed by atoms with Crippen LogP contribution in [0.5, 0.6) is 0 Å². The van der Waals surface area contributed by atoms with E-state index < -0.39 is 14.2 Å². The lowest BCUT2D eigenvalue weighted by Gasteiger charge is -2.31. The van der Waals surface area contributed by atoms with E-state index in [0.717, 1.165) is 9.32 Å². The van der Waals surface area contributed by atoms with Crippen LogP contribution in [0.4, 0.5) is 0 Å². The van der Waals surface area contributed by atoms with Gasteiger partial charge in [-0.1, -0.05) is 37.0 Å². The Bertz CT molecular complexity index is 182. The van der Waals surface area contributed by atoms with Gasteiger partial charge in [0, 0.05) is 33.7 Å². The SMILES string of the molecule is CC1(C)[Si]2([Si])C(C)(C)[Si]12[Si]. The Balaban J connectivity index is 2.41. The third-order valence-corrected chi connectivity index (χ3v) is 45.2. The van der Waals surface area contributed by atoms with Crippen molar-refractivity contribution in [2.45, 2.75) is 37.0 Å². The fourth-order valence-corrected chi connectivity index (χ4v) is 50.2. The molecule has 0 bridgehead atoms. The van der Waals surface area contributed by atoms with Crippen LogP contribution < -0.4 is 0 Å². The largest absolute Gasteiger partial charge is 0.0655 e. The molecule has 2 rings (SSSR count). The minimum atomic E-state index is -0.916. The smallest absolute Gasteiger partial charge is 0.0358 e. The first kappa shape index (κ1) is 7.51. The summed E-state index contributed by atoms with van der Waals surface area (Å²) in [5, 5.41) is 0. The Morgan fingerprint density at radius 1 is 0.800 bits per heavy atom. The second-order valence-electron chi connectivity index (χ2n) is 4.75. The molecule has 0 unspecified atom stereocenters. The summed E-state index contributed by atoms with van der Waals surface area (Å²) in [7, 11) is 6.30. The van der Waals surface area contributed by atoms with Crippen LogP contribution in [0.1, 0.15) is 27.7 Å². The molecule has 2 aliphatic rings. The summed E-state index contributed by atoms with van der Waals surface area (Å²) >= 11 is 0. The maximum absolute atomic E-state index is 4.06. The molecule has 2 heterocycles. The van der Waals surface area contributed by atoms with Crippen LogP contribution >= 0.6 is 0 Å². The second-order valence-corrected chi connectivity index (χ2v) is 25.8. The number of hydrogen-bond acceptors (Lipinski definition) is 0. The van der Waals surface area contributed by atoms with Gasteiger partial charge in [0.1, 0.15) is 0 Å². The Morgan fingerprint density at radius 3 is 1.00 bits per heavy atom. The fourth-order valence-electron chi connectivity index (χ4n) is 3.25. The van der Waals surface area contributed by atoms with E-state index in [1.54, 1.807) is 0 Å². The normalized spacial score (nSPS) is 59.4. The van der Waals surface area contributed by atoms with Crippen molar-refractivity contribution in [3.05, 3.63) is 0 Å². The van der Waals surface area contributed by atoms with Crippen LogP contribution in [-0.2, 0) is 0 Å². The van der Waals surface area contributed by atoms with Gasteiger partial charge in [0.05, 0.1) is 0 Å². The van der Waals surface area contributed by atoms with Crippen LogP contribution in [0, 0.1) is 0 Å². The molecule has 10 heavy (non-hydrogen) atoms. The Labute approximate surface area is 71.0 Å². The molecule has 0 spiro atoms. The lowest BCUT2D eigenvalue weighted by atomic mass is 10.5. The first-order chi connectivity index (χ1) is 4.25. The van der Waals surface area contributed by atoms with Crippen LogP contribution in [0.25, 0.3) is 0 Å². The van der Waals surface area contributed by atoms with Crippen LogP contribution in [0.2, 0.25) is 9.32 Å². The quantitative estimate of drug-likeness (QED) is 0.506. The summed E-state index contributed by atoms with van der Waals surface area (Å²) in [5.41, 5.74) is 0. The molecule has 52 valence electrons.